The van der Waals surface area contributed by atoms with Crippen LogP contribution in [0.2, 0.25) is 0 Å². The molecular weight excluding hydrogens is 172 g/mol. The molecule has 1 fully saturated rings. The summed E-state index contributed by atoms with van der Waals surface area (Å²) in [5, 5.41) is 3.75. The minimum atomic E-state index is 0.205. The zero-order valence-corrected chi connectivity index (χ0v) is 9.97. The Hall–Kier alpha value is -0.0800. The summed E-state index contributed by atoms with van der Waals surface area (Å²) in [6.07, 6.45) is 7.97. The molecule has 1 unspecified atom stereocenters. The zero-order valence-electron chi connectivity index (χ0n) is 9.97. The summed E-state index contributed by atoms with van der Waals surface area (Å²) >= 11 is 0. The Bertz CT molecular complexity index is 158. The number of nitrogens with one attached hydrogen (secondary N) is 1. The molecular formula is C12H26N2. The van der Waals surface area contributed by atoms with E-state index < -0.39 is 0 Å². The Morgan fingerprint density at radius 2 is 1.86 bits per heavy atom. The third-order valence-corrected chi connectivity index (χ3v) is 3.03. The first-order chi connectivity index (χ1) is 6.49. The molecule has 1 aliphatic rings. The van der Waals surface area contributed by atoms with Crippen LogP contribution in [0.25, 0.3) is 0 Å². The van der Waals surface area contributed by atoms with Crippen molar-refractivity contribution < 1.29 is 0 Å². The van der Waals surface area contributed by atoms with Gasteiger partial charge in [0.15, 0.2) is 0 Å². The predicted molar refractivity (Wildman–Crippen MR) is 62.4 cm³/mol. The molecule has 0 bridgehead atoms. The standard InChI is InChI=1S/C12H26N2/c1-10(13)9-12(2,3)14-11-7-5-4-6-8-11/h10-11,14H,4-9,13H2,1-3H3. The summed E-state index contributed by atoms with van der Waals surface area (Å²) in [7, 11) is 0. The van der Waals surface area contributed by atoms with Gasteiger partial charge in [-0.1, -0.05) is 19.3 Å². The van der Waals surface area contributed by atoms with Crippen molar-refractivity contribution in [3.8, 4) is 0 Å². The fraction of sp³-hybridized carbons (Fsp3) is 1.00. The maximum absolute atomic E-state index is 5.84. The second-order valence-electron chi connectivity index (χ2n) is 5.54. The van der Waals surface area contributed by atoms with Crippen LogP contribution in [-0.4, -0.2) is 17.6 Å². The van der Waals surface area contributed by atoms with Crippen LogP contribution in [0.5, 0.6) is 0 Å². The lowest BCUT2D eigenvalue weighted by atomic mass is 9.90. The van der Waals surface area contributed by atoms with Crippen molar-refractivity contribution in [2.75, 3.05) is 0 Å². The van der Waals surface area contributed by atoms with Crippen molar-refractivity contribution in [2.24, 2.45) is 5.73 Å². The fourth-order valence-corrected chi connectivity index (χ4v) is 2.66. The maximum Gasteiger partial charge on any atom is 0.0142 e. The second-order valence-corrected chi connectivity index (χ2v) is 5.54. The highest BCUT2D eigenvalue weighted by Crippen LogP contribution is 2.21. The first-order valence-corrected chi connectivity index (χ1v) is 6.03. The second kappa shape index (κ2) is 5.13. The van der Waals surface area contributed by atoms with E-state index in [9.17, 15) is 0 Å². The van der Waals surface area contributed by atoms with E-state index in [0.717, 1.165) is 12.5 Å². The van der Waals surface area contributed by atoms with Crippen molar-refractivity contribution in [1.29, 1.82) is 0 Å². The summed E-state index contributed by atoms with van der Waals surface area (Å²) in [4.78, 5) is 0. The van der Waals surface area contributed by atoms with E-state index in [1.54, 1.807) is 0 Å². The van der Waals surface area contributed by atoms with Gasteiger partial charge in [-0.2, -0.15) is 0 Å². The highest BCUT2D eigenvalue weighted by molar-refractivity contribution is 4.86. The van der Waals surface area contributed by atoms with Gasteiger partial charge in [-0.25, -0.2) is 0 Å². The van der Waals surface area contributed by atoms with E-state index in [2.05, 4.69) is 26.1 Å². The molecule has 0 aromatic rings. The van der Waals surface area contributed by atoms with Crippen molar-refractivity contribution in [3.63, 3.8) is 0 Å². The largest absolute Gasteiger partial charge is 0.328 e. The Morgan fingerprint density at radius 3 is 2.36 bits per heavy atom. The van der Waals surface area contributed by atoms with Gasteiger partial charge >= 0.3 is 0 Å². The van der Waals surface area contributed by atoms with Gasteiger partial charge in [0.25, 0.3) is 0 Å². The fourth-order valence-electron chi connectivity index (χ4n) is 2.66. The number of hydrogen-bond acceptors (Lipinski definition) is 2. The first kappa shape index (κ1) is 12.0. The van der Waals surface area contributed by atoms with Crippen LogP contribution in [0, 0.1) is 0 Å². The number of nitrogens with two attached hydrogens (primary N) is 1. The lowest BCUT2D eigenvalue weighted by molar-refractivity contribution is 0.258. The molecule has 14 heavy (non-hydrogen) atoms. The molecule has 2 nitrogen and oxygen atoms in total. The van der Waals surface area contributed by atoms with Crippen LogP contribution in [0.1, 0.15) is 59.3 Å². The van der Waals surface area contributed by atoms with E-state index in [-0.39, 0.29) is 5.54 Å². The highest BCUT2D eigenvalue weighted by atomic mass is 15.0. The smallest absolute Gasteiger partial charge is 0.0142 e. The molecule has 0 amide bonds. The van der Waals surface area contributed by atoms with Gasteiger partial charge in [0.1, 0.15) is 0 Å². The normalized spacial score (nSPS) is 22.3. The molecule has 84 valence electrons. The van der Waals surface area contributed by atoms with Crippen molar-refractivity contribution >= 4 is 0 Å². The van der Waals surface area contributed by atoms with E-state index in [1.165, 1.54) is 32.1 Å². The summed E-state index contributed by atoms with van der Waals surface area (Å²) in [6.45, 7) is 6.63. The van der Waals surface area contributed by atoms with Gasteiger partial charge in [0.05, 0.1) is 0 Å². The SMILES string of the molecule is CC(N)CC(C)(C)NC1CCCCC1. The molecule has 1 saturated carbocycles. The van der Waals surface area contributed by atoms with E-state index in [1.807, 2.05) is 0 Å². The predicted octanol–water partition coefficient (Wildman–Crippen LogP) is 2.42. The van der Waals surface area contributed by atoms with Gasteiger partial charge in [-0.3, -0.25) is 0 Å². The van der Waals surface area contributed by atoms with E-state index in [4.69, 9.17) is 5.73 Å². The molecule has 1 atom stereocenters. The van der Waals surface area contributed by atoms with Crippen LogP contribution in [0.3, 0.4) is 0 Å². The van der Waals surface area contributed by atoms with Gasteiger partial charge in [0, 0.05) is 17.6 Å². The lowest BCUT2D eigenvalue weighted by Gasteiger charge is -2.35. The Labute approximate surface area is 88.6 Å². The topological polar surface area (TPSA) is 38.0 Å². The third-order valence-electron chi connectivity index (χ3n) is 3.03. The number of rotatable bonds is 4. The van der Waals surface area contributed by atoms with Crippen LogP contribution >= 0.6 is 0 Å². The van der Waals surface area contributed by atoms with Gasteiger partial charge in [-0.15, -0.1) is 0 Å². The van der Waals surface area contributed by atoms with Crippen molar-refractivity contribution in [1.82, 2.24) is 5.32 Å². The molecule has 0 aromatic heterocycles. The quantitative estimate of drug-likeness (QED) is 0.728. The molecule has 2 heteroatoms. The molecule has 1 rings (SSSR count). The lowest BCUT2D eigenvalue weighted by Crippen LogP contribution is -2.49. The molecule has 1 aliphatic carbocycles. The van der Waals surface area contributed by atoms with Gasteiger partial charge in [0.2, 0.25) is 0 Å². The summed E-state index contributed by atoms with van der Waals surface area (Å²) in [5.41, 5.74) is 6.05. The van der Waals surface area contributed by atoms with Crippen LogP contribution in [0.4, 0.5) is 0 Å². The summed E-state index contributed by atoms with van der Waals surface area (Å²) in [5.74, 6) is 0. The molecule has 0 radical (unpaired) electrons. The van der Waals surface area contributed by atoms with E-state index >= 15 is 0 Å². The first-order valence-electron chi connectivity index (χ1n) is 6.03. The zero-order chi connectivity index (χ0) is 10.6. The molecule has 0 saturated heterocycles. The van der Waals surface area contributed by atoms with Crippen molar-refractivity contribution in [3.05, 3.63) is 0 Å². The monoisotopic (exact) mass is 198 g/mol. The summed E-state index contributed by atoms with van der Waals surface area (Å²) in [6, 6.07) is 1.03. The molecule has 0 aliphatic heterocycles. The van der Waals surface area contributed by atoms with Crippen LogP contribution < -0.4 is 11.1 Å². The van der Waals surface area contributed by atoms with Crippen molar-refractivity contribution in [2.45, 2.75) is 76.9 Å². The molecule has 0 heterocycles. The molecule has 0 aromatic carbocycles. The molecule has 0 spiro atoms. The minimum Gasteiger partial charge on any atom is -0.328 e. The molecule has 3 N–H and O–H groups in total. The Morgan fingerprint density at radius 1 is 1.29 bits per heavy atom. The summed E-state index contributed by atoms with van der Waals surface area (Å²) < 4.78 is 0. The average Bonchev–Trinajstić information content (AvgIpc) is 2.02. The van der Waals surface area contributed by atoms with E-state index in [0.29, 0.717) is 6.04 Å². The third kappa shape index (κ3) is 4.43. The average molecular weight is 198 g/mol. The Balaban J connectivity index is 2.32. The Kier molecular flexibility index (Phi) is 4.39. The number of hydrogen-bond donors (Lipinski definition) is 2. The minimum absolute atomic E-state index is 0.205. The van der Waals surface area contributed by atoms with Crippen LogP contribution in [-0.2, 0) is 0 Å². The van der Waals surface area contributed by atoms with Crippen LogP contribution in [0.15, 0.2) is 0 Å². The highest BCUT2D eigenvalue weighted by Gasteiger charge is 2.24. The van der Waals surface area contributed by atoms with Gasteiger partial charge in [-0.05, 0) is 40.0 Å². The maximum atomic E-state index is 5.84. The van der Waals surface area contributed by atoms with Gasteiger partial charge < -0.3 is 11.1 Å².